The van der Waals surface area contributed by atoms with Gasteiger partial charge in [0.15, 0.2) is 0 Å². The van der Waals surface area contributed by atoms with Crippen molar-refractivity contribution in [2.45, 2.75) is 11.7 Å². The Bertz CT molecular complexity index is 257. The van der Waals surface area contributed by atoms with Crippen LogP contribution >= 0.6 is 11.8 Å². The molecule has 1 aliphatic heterocycles. The van der Waals surface area contributed by atoms with E-state index in [9.17, 15) is 4.79 Å². The second-order valence-electron chi connectivity index (χ2n) is 2.80. The molecule has 1 aliphatic carbocycles. The third-order valence-electron chi connectivity index (χ3n) is 2.13. The fraction of sp³-hybridized carbons (Fsp3) is 0.375. The minimum Gasteiger partial charge on any atom is -0.366 e. The van der Waals surface area contributed by atoms with E-state index in [1.54, 1.807) is 11.8 Å². The van der Waals surface area contributed by atoms with Crippen molar-refractivity contribution in [3.63, 3.8) is 0 Å². The van der Waals surface area contributed by atoms with Crippen LogP contribution < -0.4 is 5.73 Å². The largest absolute Gasteiger partial charge is 0.366 e. The molecule has 0 aromatic heterocycles. The molecule has 3 heteroatoms. The summed E-state index contributed by atoms with van der Waals surface area (Å²) in [6.45, 7) is 0. The summed E-state index contributed by atoms with van der Waals surface area (Å²) in [5.41, 5.74) is 5.99. The molecule has 0 radical (unpaired) electrons. The van der Waals surface area contributed by atoms with Crippen molar-refractivity contribution >= 4 is 17.7 Å². The van der Waals surface area contributed by atoms with Gasteiger partial charge < -0.3 is 5.73 Å². The first-order valence-corrected chi connectivity index (χ1v) is 4.55. The number of nitrogens with two attached hydrogens (primary N) is 1. The van der Waals surface area contributed by atoms with E-state index in [1.807, 2.05) is 5.41 Å². The standard InChI is InChI=1S/C8H9NOS/c9-8(10)6-4-11-7-3-1-2-5(6)7/h1-2,4-5,7H,3H2,(H2,9,10). The maximum atomic E-state index is 10.9. The molecule has 0 aromatic rings. The minimum absolute atomic E-state index is 0.267. The Balaban J connectivity index is 2.24. The number of rotatable bonds is 1. The van der Waals surface area contributed by atoms with Crippen LogP contribution in [0.4, 0.5) is 0 Å². The van der Waals surface area contributed by atoms with Crippen LogP contribution in [0.5, 0.6) is 0 Å². The Morgan fingerprint density at radius 1 is 1.73 bits per heavy atom. The van der Waals surface area contributed by atoms with Gasteiger partial charge in [-0.25, -0.2) is 0 Å². The molecule has 2 unspecified atom stereocenters. The van der Waals surface area contributed by atoms with Crippen molar-refractivity contribution < 1.29 is 4.79 Å². The lowest BCUT2D eigenvalue weighted by Crippen LogP contribution is -2.20. The summed E-state index contributed by atoms with van der Waals surface area (Å²) in [4.78, 5) is 10.9. The molecule has 2 nitrogen and oxygen atoms in total. The average Bonchev–Trinajstić information content (AvgIpc) is 2.41. The molecule has 58 valence electrons. The smallest absolute Gasteiger partial charge is 0.245 e. The number of fused-ring (bicyclic) bond motifs is 1. The fourth-order valence-electron chi connectivity index (χ4n) is 1.54. The summed E-state index contributed by atoms with van der Waals surface area (Å²) in [5.74, 6) is 0.0362. The number of carbonyl (C=O) groups excluding carboxylic acids is 1. The number of primary amides is 1. The predicted octanol–water partition coefficient (Wildman–Crippen LogP) is 1.05. The van der Waals surface area contributed by atoms with Gasteiger partial charge in [0.05, 0.1) is 0 Å². The first-order valence-electron chi connectivity index (χ1n) is 3.61. The molecule has 0 bridgehead atoms. The van der Waals surface area contributed by atoms with Crippen LogP contribution in [0.15, 0.2) is 23.1 Å². The lowest BCUT2D eigenvalue weighted by Gasteiger charge is -2.08. The molecular weight excluding hydrogens is 158 g/mol. The van der Waals surface area contributed by atoms with Gasteiger partial charge in [-0.15, -0.1) is 11.8 Å². The van der Waals surface area contributed by atoms with Crippen LogP contribution in [0.2, 0.25) is 0 Å². The molecule has 0 fully saturated rings. The fourth-order valence-corrected chi connectivity index (χ4v) is 2.76. The highest BCUT2D eigenvalue weighted by Crippen LogP contribution is 2.41. The Hall–Kier alpha value is -0.700. The van der Waals surface area contributed by atoms with Gasteiger partial charge in [-0.2, -0.15) is 0 Å². The molecule has 1 heterocycles. The summed E-state index contributed by atoms with van der Waals surface area (Å²) in [7, 11) is 0. The SMILES string of the molecule is NC(=O)C1=CSC2CC=CC12. The molecular formula is C8H9NOS. The van der Waals surface area contributed by atoms with Gasteiger partial charge in [0.1, 0.15) is 0 Å². The maximum Gasteiger partial charge on any atom is 0.245 e. The monoisotopic (exact) mass is 167 g/mol. The number of thioether (sulfide) groups is 1. The van der Waals surface area contributed by atoms with Gasteiger partial charge in [-0.3, -0.25) is 4.79 Å². The topological polar surface area (TPSA) is 43.1 Å². The molecule has 0 saturated heterocycles. The summed E-state index contributed by atoms with van der Waals surface area (Å²) in [6.07, 6.45) is 5.28. The molecule has 11 heavy (non-hydrogen) atoms. The van der Waals surface area contributed by atoms with Crippen molar-refractivity contribution in [2.75, 3.05) is 0 Å². The Kier molecular flexibility index (Phi) is 1.53. The Labute approximate surface area is 69.5 Å². The molecule has 2 N–H and O–H groups in total. The number of hydrogen-bond acceptors (Lipinski definition) is 2. The van der Waals surface area contributed by atoms with Crippen LogP contribution in [0.1, 0.15) is 6.42 Å². The molecule has 0 aromatic carbocycles. The van der Waals surface area contributed by atoms with E-state index in [0.717, 1.165) is 12.0 Å². The van der Waals surface area contributed by atoms with Crippen LogP contribution in [-0.2, 0) is 4.79 Å². The number of hydrogen-bond donors (Lipinski definition) is 1. The van der Waals surface area contributed by atoms with E-state index < -0.39 is 0 Å². The molecule has 2 rings (SSSR count). The van der Waals surface area contributed by atoms with Crippen molar-refractivity contribution in [3.8, 4) is 0 Å². The normalized spacial score (nSPS) is 33.6. The minimum atomic E-state index is -0.267. The summed E-state index contributed by atoms with van der Waals surface area (Å²) in [5, 5.41) is 2.46. The van der Waals surface area contributed by atoms with Gasteiger partial charge in [0.2, 0.25) is 5.91 Å². The Morgan fingerprint density at radius 3 is 3.27 bits per heavy atom. The molecule has 0 spiro atoms. The summed E-state index contributed by atoms with van der Waals surface area (Å²) in [6, 6.07) is 0. The van der Waals surface area contributed by atoms with E-state index in [0.29, 0.717) is 11.2 Å². The number of carbonyl (C=O) groups is 1. The van der Waals surface area contributed by atoms with Crippen LogP contribution in [0.3, 0.4) is 0 Å². The van der Waals surface area contributed by atoms with Crippen molar-refractivity contribution in [1.29, 1.82) is 0 Å². The zero-order valence-corrected chi connectivity index (χ0v) is 6.80. The zero-order valence-electron chi connectivity index (χ0n) is 5.99. The van der Waals surface area contributed by atoms with E-state index in [2.05, 4.69) is 12.2 Å². The molecule has 0 saturated carbocycles. The van der Waals surface area contributed by atoms with Gasteiger partial charge in [-0.1, -0.05) is 12.2 Å². The molecule has 2 aliphatic rings. The summed E-state index contributed by atoms with van der Waals surface area (Å²) < 4.78 is 0. The van der Waals surface area contributed by atoms with Crippen LogP contribution in [0, 0.1) is 5.92 Å². The van der Waals surface area contributed by atoms with E-state index in [-0.39, 0.29) is 5.91 Å². The second-order valence-corrected chi connectivity index (χ2v) is 3.91. The van der Waals surface area contributed by atoms with E-state index >= 15 is 0 Å². The highest BCUT2D eigenvalue weighted by molar-refractivity contribution is 8.03. The van der Waals surface area contributed by atoms with Crippen molar-refractivity contribution in [2.24, 2.45) is 11.7 Å². The van der Waals surface area contributed by atoms with Gasteiger partial charge >= 0.3 is 0 Å². The quantitative estimate of drug-likeness (QED) is 0.593. The predicted molar refractivity (Wildman–Crippen MR) is 45.9 cm³/mol. The molecule has 2 atom stereocenters. The average molecular weight is 167 g/mol. The van der Waals surface area contributed by atoms with E-state index in [4.69, 9.17) is 5.73 Å². The lowest BCUT2D eigenvalue weighted by molar-refractivity contribution is -0.114. The summed E-state index contributed by atoms with van der Waals surface area (Å²) >= 11 is 1.72. The highest BCUT2D eigenvalue weighted by atomic mass is 32.2. The Morgan fingerprint density at radius 2 is 2.55 bits per heavy atom. The van der Waals surface area contributed by atoms with E-state index in [1.165, 1.54) is 0 Å². The first kappa shape index (κ1) is 6.98. The molecule has 1 amide bonds. The first-order chi connectivity index (χ1) is 5.29. The van der Waals surface area contributed by atoms with Crippen molar-refractivity contribution in [1.82, 2.24) is 0 Å². The zero-order chi connectivity index (χ0) is 7.84. The van der Waals surface area contributed by atoms with Gasteiger partial charge in [-0.05, 0) is 11.8 Å². The number of allylic oxidation sites excluding steroid dienone is 2. The van der Waals surface area contributed by atoms with Crippen LogP contribution in [0.25, 0.3) is 0 Å². The van der Waals surface area contributed by atoms with Crippen LogP contribution in [-0.4, -0.2) is 11.2 Å². The third-order valence-corrected chi connectivity index (χ3v) is 3.35. The van der Waals surface area contributed by atoms with Crippen molar-refractivity contribution in [3.05, 3.63) is 23.1 Å². The third kappa shape index (κ3) is 0.997. The highest BCUT2D eigenvalue weighted by Gasteiger charge is 2.33. The lowest BCUT2D eigenvalue weighted by atomic mass is 10.00. The van der Waals surface area contributed by atoms with Gasteiger partial charge in [0.25, 0.3) is 0 Å². The maximum absolute atomic E-state index is 10.9. The van der Waals surface area contributed by atoms with Gasteiger partial charge in [0, 0.05) is 16.7 Å². The second kappa shape index (κ2) is 2.41. The number of amides is 1.